The topological polar surface area (TPSA) is 21.3 Å². The van der Waals surface area contributed by atoms with Crippen LogP contribution in [-0.2, 0) is 11.2 Å². The van der Waals surface area contributed by atoms with Crippen molar-refractivity contribution < 1.29 is 4.74 Å². The molecule has 0 bridgehead atoms. The molecule has 1 unspecified atom stereocenters. The van der Waals surface area contributed by atoms with E-state index in [-0.39, 0.29) is 5.60 Å². The second-order valence-corrected chi connectivity index (χ2v) is 4.84. The minimum Gasteiger partial charge on any atom is -0.374 e. The number of hydrogen-bond donors (Lipinski definition) is 1. The SMILES string of the molecule is CCNC(Cc1ccccc1)C(C)(C)OCC. The minimum atomic E-state index is -0.138. The smallest absolute Gasteiger partial charge is 0.0781 e. The zero-order valence-corrected chi connectivity index (χ0v) is 11.5. The molecule has 0 fully saturated rings. The van der Waals surface area contributed by atoms with Crippen LogP contribution in [0.2, 0.25) is 0 Å². The predicted molar refractivity (Wildman–Crippen MR) is 73.3 cm³/mol. The van der Waals surface area contributed by atoms with Gasteiger partial charge in [-0.1, -0.05) is 37.3 Å². The van der Waals surface area contributed by atoms with E-state index >= 15 is 0 Å². The van der Waals surface area contributed by atoms with Gasteiger partial charge in [0.2, 0.25) is 0 Å². The monoisotopic (exact) mass is 235 g/mol. The van der Waals surface area contributed by atoms with Gasteiger partial charge < -0.3 is 10.1 Å². The van der Waals surface area contributed by atoms with Gasteiger partial charge in [-0.05, 0) is 39.3 Å². The molecule has 1 aromatic carbocycles. The van der Waals surface area contributed by atoms with Crippen LogP contribution in [0, 0.1) is 0 Å². The normalized spacial score (nSPS) is 13.6. The van der Waals surface area contributed by atoms with E-state index in [9.17, 15) is 0 Å². The molecule has 0 saturated heterocycles. The van der Waals surface area contributed by atoms with E-state index in [4.69, 9.17) is 4.74 Å². The summed E-state index contributed by atoms with van der Waals surface area (Å²) in [4.78, 5) is 0. The molecule has 1 rings (SSSR count). The summed E-state index contributed by atoms with van der Waals surface area (Å²) in [6.45, 7) is 10.2. The highest BCUT2D eigenvalue weighted by molar-refractivity contribution is 5.17. The lowest BCUT2D eigenvalue weighted by Gasteiger charge is -2.35. The lowest BCUT2D eigenvalue weighted by molar-refractivity contribution is -0.0376. The fourth-order valence-corrected chi connectivity index (χ4v) is 2.13. The van der Waals surface area contributed by atoms with Gasteiger partial charge in [-0.25, -0.2) is 0 Å². The van der Waals surface area contributed by atoms with E-state index in [2.05, 4.69) is 56.4 Å². The van der Waals surface area contributed by atoms with Crippen molar-refractivity contribution in [2.24, 2.45) is 0 Å². The van der Waals surface area contributed by atoms with E-state index in [0.29, 0.717) is 6.04 Å². The van der Waals surface area contributed by atoms with Gasteiger partial charge in [0, 0.05) is 12.6 Å². The summed E-state index contributed by atoms with van der Waals surface area (Å²) in [5.74, 6) is 0. The molecule has 2 heteroatoms. The molecule has 0 aliphatic rings. The Bertz CT molecular complexity index is 308. The summed E-state index contributed by atoms with van der Waals surface area (Å²) >= 11 is 0. The third-order valence-corrected chi connectivity index (χ3v) is 3.09. The number of hydrogen-bond acceptors (Lipinski definition) is 2. The Morgan fingerprint density at radius 1 is 1.18 bits per heavy atom. The van der Waals surface area contributed by atoms with Crippen molar-refractivity contribution in [3.63, 3.8) is 0 Å². The van der Waals surface area contributed by atoms with Gasteiger partial charge in [-0.15, -0.1) is 0 Å². The second-order valence-electron chi connectivity index (χ2n) is 4.84. The third-order valence-electron chi connectivity index (χ3n) is 3.09. The van der Waals surface area contributed by atoms with Gasteiger partial charge >= 0.3 is 0 Å². The quantitative estimate of drug-likeness (QED) is 0.784. The summed E-state index contributed by atoms with van der Waals surface area (Å²) in [6.07, 6.45) is 1.00. The average molecular weight is 235 g/mol. The standard InChI is InChI=1S/C15H25NO/c1-5-16-14(15(3,4)17-6-2)12-13-10-8-7-9-11-13/h7-11,14,16H,5-6,12H2,1-4H3. The first-order valence-corrected chi connectivity index (χ1v) is 6.51. The second kappa shape index (κ2) is 6.77. The first-order chi connectivity index (χ1) is 8.10. The molecule has 0 amide bonds. The maximum absolute atomic E-state index is 5.85. The van der Waals surface area contributed by atoms with Crippen LogP contribution in [0.25, 0.3) is 0 Å². The highest BCUT2D eigenvalue weighted by Crippen LogP contribution is 2.19. The zero-order valence-electron chi connectivity index (χ0n) is 11.5. The van der Waals surface area contributed by atoms with Gasteiger partial charge in [0.1, 0.15) is 0 Å². The summed E-state index contributed by atoms with van der Waals surface area (Å²) in [7, 11) is 0. The van der Waals surface area contributed by atoms with Crippen molar-refractivity contribution in [1.82, 2.24) is 5.32 Å². The molecule has 1 N–H and O–H groups in total. The molecule has 17 heavy (non-hydrogen) atoms. The van der Waals surface area contributed by atoms with Crippen LogP contribution in [0.4, 0.5) is 0 Å². The van der Waals surface area contributed by atoms with E-state index < -0.39 is 0 Å². The first kappa shape index (κ1) is 14.2. The number of benzene rings is 1. The molecular formula is C15H25NO. The van der Waals surface area contributed by atoms with Crippen LogP contribution >= 0.6 is 0 Å². The van der Waals surface area contributed by atoms with Crippen LogP contribution in [0.5, 0.6) is 0 Å². The molecule has 0 saturated carbocycles. The van der Waals surface area contributed by atoms with E-state index in [1.165, 1.54) is 5.56 Å². The zero-order chi connectivity index (χ0) is 12.7. The minimum absolute atomic E-state index is 0.138. The van der Waals surface area contributed by atoms with Crippen LogP contribution in [-0.4, -0.2) is 24.8 Å². The van der Waals surface area contributed by atoms with Gasteiger partial charge in [0.25, 0.3) is 0 Å². The highest BCUT2D eigenvalue weighted by atomic mass is 16.5. The highest BCUT2D eigenvalue weighted by Gasteiger charge is 2.29. The van der Waals surface area contributed by atoms with Gasteiger partial charge in [0.15, 0.2) is 0 Å². The summed E-state index contributed by atoms with van der Waals surface area (Å²) in [6, 6.07) is 10.9. The fourth-order valence-electron chi connectivity index (χ4n) is 2.13. The molecule has 0 aliphatic heterocycles. The summed E-state index contributed by atoms with van der Waals surface area (Å²) < 4.78 is 5.85. The molecule has 0 heterocycles. The Morgan fingerprint density at radius 2 is 1.82 bits per heavy atom. The number of ether oxygens (including phenoxy) is 1. The lowest BCUT2D eigenvalue weighted by Crippen LogP contribution is -2.50. The van der Waals surface area contributed by atoms with Gasteiger partial charge in [-0.3, -0.25) is 0 Å². The van der Waals surface area contributed by atoms with Crippen molar-refractivity contribution in [2.75, 3.05) is 13.2 Å². The third kappa shape index (κ3) is 4.49. The van der Waals surface area contributed by atoms with Crippen molar-refractivity contribution in [3.8, 4) is 0 Å². The van der Waals surface area contributed by atoms with Gasteiger partial charge in [0.05, 0.1) is 5.60 Å². The van der Waals surface area contributed by atoms with Crippen molar-refractivity contribution in [3.05, 3.63) is 35.9 Å². The number of nitrogens with one attached hydrogen (secondary N) is 1. The fraction of sp³-hybridized carbons (Fsp3) is 0.600. The predicted octanol–water partition coefficient (Wildman–Crippen LogP) is 3.02. The average Bonchev–Trinajstić information content (AvgIpc) is 2.30. The molecule has 0 aromatic heterocycles. The summed E-state index contributed by atoms with van der Waals surface area (Å²) in [5.41, 5.74) is 1.21. The molecule has 1 aromatic rings. The largest absolute Gasteiger partial charge is 0.374 e. The van der Waals surface area contributed by atoms with Gasteiger partial charge in [-0.2, -0.15) is 0 Å². The number of rotatable bonds is 7. The molecule has 2 nitrogen and oxygen atoms in total. The van der Waals surface area contributed by atoms with E-state index in [1.807, 2.05) is 6.92 Å². The molecule has 0 spiro atoms. The van der Waals surface area contributed by atoms with Crippen LogP contribution < -0.4 is 5.32 Å². The first-order valence-electron chi connectivity index (χ1n) is 6.51. The Kier molecular flexibility index (Phi) is 5.66. The van der Waals surface area contributed by atoms with Crippen LogP contribution in [0.3, 0.4) is 0 Å². The van der Waals surface area contributed by atoms with Crippen molar-refractivity contribution in [1.29, 1.82) is 0 Å². The lowest BCUT2D eigenvalue weighted by atomic mass is 9.92. The van der Waals surface area contributed by atoms with E-state index in [0.717, 1.165) is 19.6 Å². The van der Waals surface area contributed by atoms with Crippen LogP contribution in [0.1, 0.15) is 33.3 Å². The Hall–Kier alpha value is -0.860. The van der Waals surface area contributed by atoms with Crippen molar-refractivity contribution in [2.45, 2.75) is 45.8 Å². The molecule has 1 atom stereocenters. The number of likely N-dealkylation sites (N-methyl/N-ethyl adjacent to an activating group) is 1. The Labute approximate surface area is 105 Å². The molecule has 0 aliphatic carbocycles. The summed E-state index contributed by atoms with van der Waals surface area (Å²) in [5, 5.41) is 3.53. The van der Waals surface area contributed by atoms with Crippen LogP contribution in [0.15, 0.2) is 30.3 Å². The Morgan fingerprint density at radius 3 is 2.35 bits per heavy atom. The maximum Gasteiger partial charge on any atom is 0.0781 e. The maximum atomic E-state index is 5.85. The molecule has 0 radical (unpaired) electrons. The molecule has 96 valence electrons. The molecular weight excluding hydrogens is 210 g/mol. The van der Waals surface area contributed by atoms with E-state index in [1.54, 1.807) is 0 Å². The van der Waals surface area contributed by atoms with Crippen molar-refractivity contribution >= 4 is 0 Å². The Balaban J connectivity index is 2.72.